The van der Waals surface area contributed by atoms with Crippen LogP contribution in [0.1, 0.15) is 12.5 Å². The summed E-state index contributed by atoms with van der Waals surface area (Å²) < 4.78 is 5.30. The Morgan fingerprint density at radius 3 is 2.60 bits per heavy atom. The highest BCUT2D eigenvalue weighted by atomic mass is 16.5. The summed E-state index contributed by atoms with van der Waals surface area (Å²) in [6, 6.07) is 7.87. The number of benzene rings is 1. The molecule has 5 heteroatoms. The van der Waals surface area contributed by atoms with Crippen LogP contribution < -0.4 is 16.0 Å². The average molecular weight is 277 g/mol. The minimum absolute atomic E-state index is 0.0424. The van der Waals surface area contributed by atoms with Gasteiger partial charge in [0.15, 0.2) is 0 Å². The van der Waals surface area contributed by atoms with E-state index in [4.69, 9.17) is 10.5 Å². The Balaban J connectivity index is 1.93. The fourth-order valence-electron chi connectivity index (χ4n) is 2.22. The number of carbonyl (C=O) groups excluding carboxylic acids is 1. The lowest BCUT2D eigenvalue weighted by atomic mass is 9.85. The van der Waals surface area contributed by atoms with E-state index in [1.165, 1.54) is 0 Å². The number of nitrogens with zero attached hydrogens (tertiary/aromatic N) is 1. The molecular formula is C15H23N3O2. The normalized spacial score (nSPS) is 25.5. The van der Waals surface area contributed by atoms with Crippen molar-refractivity contribution in [2.45, 2.75) is 19.5 Å². The minimum atomic E-state index is -0.621. The number of hydrogen-bond donors (Lipinski definition) is 2. The lowest BCUT2D eigenvalue weighted by Gasteiger charge is -2.25. The summed E-state index contributed by atoms with van der Waals surface area (Å²) in [5, 5.41) is 2.95. The molecule has 0 spiro atoms. The summed E-state index contributed by atoms with van der Waals surface area (Å²) >= 11 is 0. The van der Waals surface area contributed by atoms with Gasteiger partial charge < -0.3 is 20.7 Å². The van der Waals surface area contributed by atoms with Gasteiger partial charge in [0.1, 0.15) is 0 Å². The number of hydrogen-bond acceptors (Lipinski definition) is 4. The van der Waals surface area contributed by atoms with Gasteiger partial charge in [-0.15, -0.1) is 0 Å². The van der Waals surface area contributed by atoms with E-state index in [2.05, 4.69) is 5.32 Å². The van der Waals surface area contributed by atoms with E-state index in [1.807, 2.05) is 50.2 Å². The molecule has 3 N–H and O–H groups in total. The summed E-state index contributed by atoms with van der Waals surface area (Å²) in [6.45, 7) is 3.20. The predicted molar refractivity (Wildman–Crippen MR) is 79.5 cm³/mol. The molecule has 5 nitrogen and oxygen atoms in total. The van der Waals surface area contributed by atoms with Crippen molar-refractivity contribution in [3.63, 3.8) is 0 Å². The summed E-state index contributed by atoms with van der Waals surface area (Å²) in [6.07, 6.45) is 0. The topological polar surface area (TPSA) is 67.6 Å². The van der Waals surface area contributed by atoms with Crippen molar-refractivity contribution in [3.8, 4) is 0 Å². The number of ether oxygens (including phenoxy) is 1. The smallest absolute Gasteiger partial charge is 0.230 e. The third-order valence-electron chi connectivity index (χ3n) is 3.94. The van der Waals surface area contributed by atoms with Crippen LogP contribution in [0.4, 0.5) is 5.69 Å². The Labute approximate surface area is 120 Å². The molecule has 2 rings (SSSR count). The first-order valence-corrected chi connectivity index (χ1v) is 6.81. The zero-order valence-electron chi connectivity index (χ0n) is 12.3. The van der Waals surface area contributed by atoms with Crippen molar-refractivity contribution >= 4 is 11.6 Å². The first kappa shape index (κ1) is 14.8. The number of amides is 1. The van der Waals surface area contributed by atoms with Crippen LogP contribution in [0.25, 0.3) is 0 Å². The molecule has 1 heterocycles. The molecule has 110 valence electrons. The highest BCUT2D eigenvalue weighted by Gasteiger charge is 2.44. The largest absolute Gasteiger partial charge is 0.379 e. The van der Waals surface area contributed by atoms with Crippen LogP contribution >= 0.6 is 0 Å². The van der Waals surface area contributed by atoms with Gasteiger partial charge in [0, 0.05) is 32.4 Å². The van der Waals surface area contributed by atoms with E-state index in [9.17, 15) is 4.79 Å². The van der Waals surface area contributed by atoms with Gasteiger partial charge in [-0.1, -0.05) is 12.1 Å². The number of nitrogens with two attached hydrogens (primary N) is 1. The van der Waals surface area contributed by atoms with E-state index < -0.39 is 5.41 Å². The second kappa shape index (κ2) is 5.81. The maximum atomic E-state index is 12.2. The summed E-state index contributed by atoms with van der Waals surface area (Å²) in [7, 11) is 4.00. The van der Waals surface area contributed by atoms with Crippen LogP contribution in [0.2, 0.25) is 0 Å². The Morgan fingerprint density at radius 2 is 2.10 bits per heavy atom. The fraction of sp³-hybridized carbons (Fsp3) is 0.533. The first-order valence-electron chi connectivity index (χ1n) is 6.81. The summed E-state index contributed by atoms with van der Waals surface area (Å²) in [5.41, 5.74) is 7.53. The molecule has 1 fully saturated rings. The average Bonchev–Trinajstić information content (AvgIpc) is 2.77. The molecule has 2 atom stereocenters. The van der Waals surface area contributed by atoms with Crippen LogP contribution in [0.5, 0.6) is 0 Å². The SMILES string of the molecule is CN(C)c1ccc(CNC(=O)C2(C)COCC2N)cc1. The summed E-state index contributed by atoms with van der Waals surface area (Å²) in [4.78, 5) is 14.3. The summed E-state index contributed by atoms with van der Waals surface area (Å²) in [5.74, 6) is -0.0424. The molecule has 1 aliphatic heterocycles. The lowest BCUT2D eigenvalue weighted by molar-refractivity contribution is -0.130. The van der Waals surface area contributed by atoms with Gasteiger partial charge in [-0.2, -0.15) is 0 Å². The van der Waals surface area contributed by atoms with Crippen molar-refractivity contribution in [3.05, 3.63) is 29.8 Å². The maximum Gasteiger partial charge on any atom is 0.230 e. The molecule has 1 aliphatic rings. The van der Waals surface area contributed by atoms with Crippen LogP contribution in [-0.4, -0.2) is 39.3 Å². The molecule has 0 saturated carbocycles. The molecule has 0 bridgehead atoms. The van der Waals surface area contributed by atoms with Gasteiger partial charge in [-0.25, -0.2) is 0 Å². The monoisotopic (exact) mass is 277 g/mol. The molecule has 20 heavy (non-hydrogen) atoms. The van der Waals surface area contributed by atoms with Crippen molar-refractivity contribution in [1.29, 1.82) is 0 Å². The number of anilines is 1. The van der Waals surface area contributed by atoms with E-state index in [0.717, 1.165) is 11.3 Å². The van der Waals surface area contributed by atoms with Crippen molar-refractivity contribution in [2.75, 3.05) is 32.2 Å². The van der Waals surface area contributed by atoms with E-state index in [1.54, 1.807) is 0 Å². The Bertz CT molecular complexity index is 473. The zero-order valence-corrected chi connectivity index (χ0v) is 12.3. The van der Waals surface area contributed by atoms with Gasteiger partial charge in [0.05, 0.1) is 18.6 Å². The van der Waals surface area contributed by atoms with Gasteiger partial charge in [-0.05, 0) is 24.6 Å². The van der Waals surface area contributed by atoms with Crippen LogP contribution in [0, 0.1) is 5.41 Å². The quantitative estimate of drug-likeness (QED) is 0.851. The van der Waals surface area contributed by atoms with Gasteiger partial charge >= 0.3 is 0 Å². The van der Waals surface area contributed by atoms with Crippen LogP contribution in [0.3, 0.4) is 0 Å². The Hall–Kier alpha value is -1.59. The minimum Gasteiger partial charge on any atom is -0.379 e. The molecule has 1 saturated heterocycles. The molecule has 1 aromatic rings. The van der Waals surface area contributed by atoms with E-state index >= 15 is 0 Å². The van der Waals surface area contributed by atoms with Gasteiger partial charge in [-0.3, -0.25) is 4.79 Å². The second-order valence-electron chi connectivity index (χ2n) is 5.78. The number of carbonyl (C=O) groups is 1. The van der Waals surface area contributed by atoms with E-state index in [-0.39, 0.29) is 11.9 Å². The standard InChI is InChI=1S/C15H23N3O2/c1-15(10-20-9-13(15)16)14(19)17-8-11-4-6-12(7-5-11)18(2)3/h4-7,13H,8-10,16H2,1-3H3,(H,17,19). The number of rotatable bonds is 4. The van der Waals surface area contributed by atoms with E-state index in [0.29, 0.717) is 19.8 Å². The number of nitrogens with one attached hydrogen (secondary N) is 1. The molecule has 1 amide bonds. The molecule has 2 unspecified atom stereocenters. The highest BCUT2D eigenvalue weighted by molar-refractivity contribution is 5.83. The Morgan fingerprint density at radius 1 is 1.45 bits per heavy atom. The van der Waals surface area contributed by atoms with Crippen molar-refractivity contribution in [2.24, 2.45) is 11.1 Å². The molecule has 0 aromatic heterocycles. The first-order chi connectivity index (χ1) is 9.43. The molecule has 1 aromatic carbocycles. The van der Waals surface area contributed by atoms with Crippen molar-refractivity contribution in [1.82, 2.24) is 5.32 Å². The Kier molecular flexibility index (Phi) is 4.30. The molecule has 0 radical (unpaired) electrons. The zero-order chi connectivity index (χ0) is 14.8. The van der Waals surface area contributed by atoms with Gasteiger partial charge in [0.25, 0.3) is 0 Å². The van der Waals surface area contributed by atoms with Gasteiger partial charge in [0.2, 0.25) is 5.91 Å². The third-order valence-corrected chi connectivity index (χ3v) is 3.94. The van der Waals surface area contributed by atoms with Crippen LogP contribution in [0.15, 0.2) is 24.3 Å². The fourth-order valence-corrected chi connectivity index (χ4v) is 2.22. The maximum absolute atomic E-state index is 12.2. The highest BCUT2D eigenvalue weighted by Crippen LogP contribution is 2.27. The lowest BCUT2D eigenvalue weighted by Crippen LogP contribution is -2.49. The predicted octanol–water partition coefficient (Wildman–Crippen LogP) is 0.733. The molecule has 0 aliphatic carbocycles. The van der Waals surface area contributed by atoms with Crippen molar-refractivity contribution < 1.29 is 9.53 Å². The molecular weight excluding hydrogens is 254 g/mol. The third kappa shape index (κ3) is 2.94. The van der Waals surface area contributed by atoms with Crippen LogP contribution in [-0.2, 0) is 16.1 Å². The second-order valence-corrected chi connectivity index (χ2v) is 5.78.